The van der Waals surface area contributed by atoms with Gasteiger partial charge in [-0.3, -0.25) is 0 Å². The number of aliphatic hydroxyl groups is 1. The van der Waals surface area contributed by atoms with E-state index in [-0.39, 0.29) is 18.5 Å². The van der Waals surface area contributed by atoms with E-state index < -0.39 is 30.4 Å². The zero-order valence-electron chi connectivity index (χ0n) is 18.7. The van der Waals surface area contributed by atoms with Crippen molar-refractivity contribution in [3.05, 3.63) is 58.7 Å². The van der Waals surface area contributed by atoms with Gasteiger partial charge in [0.15, 0.2) is 6.29 Å². The van der Waals surface area contributed by atoms with Crippen LogP contribution in [0.1, 0.15) is 53.4 Å². The number of hydrogen-bond donors (Lipinski definition) is 1. The van der Waals surface area contributed by atoms with Crippen LogP contribution in [0, 0.1) is 5.92 Å². The van der Waals surface area contributed by atoms with Crippen molar-refractivity contribution in [2.45, 2.75) is 78.0 Å². The molecule has 1 saturated heterocycles. The summed E-state index contributed by atoms with van der Waals surface area (Å²) < 4.78 is 16.9. The van der Waals surface area contributed by atoms with Crippen LogP contribution < -0.4 is 0 Å². The van der Waals surface area contributed by atoms with Gasteiger partial charge in [0, 0.05) is 24.5 Å². The summed E-state index contributed by atoms with van der Waals surface area (Å²) in [6.45, 7) is 11.9. The molecule has 2 aliphatic heterocycles. The SMILES string of the molecule is C=C1C(O)O[C@H]2CC3=C[C@@H](C/C(C)=C/[C@@H](OC(=O)/C=C(\C)CCC=C(C)C)[C@H]12)OC3=O. The van der Waals surface area contributed by atoms with Crippen LogP contribution in [-0.2, 0) is 23.8 Å². The van der Waals surface area contributed by atoms with E-state index in [9.17, 15) is 14.7 Å². The highest BCUT2D eigenvalue weighted by molar-refractivity contribution is 5.91. The number of rotatable bonds is 5. The van der Waals surface area contributed by atoms with E-state index in [0.29, 0.717) is 17.6 Å². The van der Waals surface area contributed by atoms with Crippen molar-refractivity contribution in [1.29, 1.82) is 0 Å². The molecule has 1 aliphatic carbocycles. The molecule has 168 valence electrons. The van der Waals surface area contributed by atoms with Gasteiger partial charge in [0.05, 0.1) is 12.0 Å². The van der Waals surface area contributed by atoms with Crippen LogP contribution in [0.3, 0.4) is 0 Å². The second-order valence-electron chi connectivity index (χ2n) is 8.90. The standard InChI is InChI=1S/C25H32O6/c1-14(2)7-6-8-15(3)11-22(26)30-20-10-16(4)9-19-12-18(25(28)29-19)13-21-23(20)17(5)24(27)31-21/h7,10-12,19-21,23-24,27H,5-6,8-9,13H2,1-4H3/b15-11+,16-10+/t19-,20-,21+,23+,24?/m1/s1. The summed E-state index contributed by atoms with van der Waals surface area (Å²) in [6, 6.07) is 0. The molecule has 2 heterocycles. The van der Waals surface area contributed by atoms with Gasteiger partial charge in [0.2, 0.25) is 0 Å². The molecule has 0 spiro atoms. The highest BCUT2D eigenvalue weighted by Crippen LogP contribution is 2.40. The van der Waals surface area contributed by atoms with Gasteiger partial charge in [-0.05, 0) is 58.3 Å². The Morgan fingerprint density at radius 1 is 1.29 bits per heavy atom. The highest BCUT2D eigenvalue weighted by Gasteiger charge is 2.45. The Morgan fingerprint density at radius 3 is 2.74 bits per heavy atom. The van der Waals surface area contributed by atoms with E-state index >= 15 is 0 Å². The van der Waals surface area contributed by atoms with E-state index in [4.69, 9.17) is 14.2 Å². The van der Waals surface area contributed by atoms with Crippen molar-refractivity contribution in [2.75, 3.05) is 0 Å². The second kappa shape index (κ2) is 9.79. The maximum Gasteiger partial charge on any atom is 0.334 e. The van der Waals surface area contributed by atoms with Crippen LogP contribution in [0.25, 0.3) is 0 Å². The first kappa shape index (κ1) is 23.2. The molecular weight excluding hydrogens is 396 g/mol. The highest BCUT2D eigenvalue weighted by atomic mass is 16.6. The van der Waals surface area contributed by atoms with E-state index in [1.54, 1.807) is 0 Å². The van der Waals surface area contributed by atoms with Gasteiger partial charge in [0.1, 0.15) is 12.2 Å². The normalized spacial score (nSPS) is 32.4. The van der Waals surface area contributed by atoms with Gasteiger partial charge in [-0.15, -0.1) is 0 Å². The lowest BCUT2D eigenvalue weighted by Crippen LogP contribution is -2.33. The zero-order chi connectivity index (χ0) is 22.7. The molecular formula is C25H32O6. The molecule has 0 amide bonds. The van der Waals surface area contributed by atoms with Crippen LogP contribution in [0.5, 0.6) is 0 Å². The minimum Gasteiger partial charge on any atom is -0.454 e. The molecule has 31 heavy (non-hydrogen) atoms. The Hall–Kier alpha value is -2.44. The first-order valence-electron chi connectivity index (χ1n) is 10.8. The summed E-state index contributed by atoms with van der Waals surface area (Å²) in [5, 5.41) is 10.3. The summed E-state index contributed by atoms with van der Waals surface area (Å²) in [4.78, 5) is 24.9. The fourth-order valence-electron chi connectivity index (χ4n) is 4.25. The first-order valence-corrected chi connectivity index (χ1v) is 10.8. The fourth-order valence-corrected chi connectivity index (χ4v) is 4.25. The Balaban J connectivity index is 1.81. The number of aliphatic hydroxyl groups excluding tert-OH is 1. The van der Waals surface area contributed by atoms with Gasteiger partial charge in [-0.2, -0.15) is 0 Å². The molecule has 2 bridgehead atoms. The van der Waals surface area contributed by atoms with Crippen LogP contribution in [0.15, 0.2) is 58.7 Å². The average Bonchev–Trinajstić information content (AvgIpc) is 3.12. The molecule has 1 N–H and O–H groups in total. The third-order valence-corrected chi connectivity index (χ3v) is 5.81. The number of ether oxygens (including phenoxy) is 3. The lowest BCUT2D eigenvalue weighted by atomic mass is 9.85. The molecule has 1 fully saturated rings. The molecule has 0 aromatic heterocycles. The van der Waals surface area contributed by atoms with Crippen molar-refractivity contribution in [3.63, 3.8) is 0 Å². The van der Waals surface area contributed by atoms with Crippen LogP contribution in [0.2, 0.25) is 0 Å². The van der Waals surface area contributed by atoms with Crippen LogP contribution >= 0.6 is 0 Å². The molecule has 0 aromatic carbocycles. The van der Waals surface area contributed by atoms with Crippen LogP contribution in [-0.4, -0.2) is 41.6 Å². The van der Waals surface area contributed by atoms with Gasteiger partial charge in [-0.1, -0.05) is 29.4 Å². The number of carbonyl (C=O) groups excluding carboxylic acids is 2. The Morgan fingerprint density at radius 2 is 2.03 bits per heavy atom. The smallest absolute Gasteiger partial charge is 0.334 e. The van der Waals surface area contributed by atoms with Gasteiger partial charge in [0.25, 0.3) is 0 Å². The van der Waals surface area contributed by atoms with Gasteiger partial charge in [-0.25, -0.2) is 9.59 Å². The van der Waals surface area contributed by atoms with Gasteiger partial charge < -0.3 is 19.3 Å². The third kappa shape index (κ3) is 5.83. The molecule has 3 rings (SSSR count). The van der Waals surface area contributed by atoms with Crippen molar-refractivity contribution in [2.24, 2.45) is 5.92 Å². The number of fused-ring (bicyclic) bond motifs is 2. The maximum absolute atomic E-state index is 12.7. The third-order valence-electron chi connectivity index (χ3n) is 5.81. The Bertz CT molecular complexity index is 870. The van der Waals surface area contributed by atoms with E-state index in [1.807, 2.05) is 39.8 Å². The molecule has 6 heteroatoms. The van der Waals surface area contributed by atoms with Crippen LogP contribution in [0.4, 0.5) is 0 Å². The number of allylic oxidation sites excluding steroid dienone is 3. The molecule has 3 aliphatic rings. The predicted octanol–water partition coefficient (Wildman–Crippen LogP) is 4.07. The van der Waals surface area contributed by atoms with E-state index in [1.165, 1.54) is 11.6 Å². The Kier molecular flexibility index (Phi) is 7.34. The molecule has 1 unspecified atom stereocenters. The van der Waals surface area contributed by atoms with Crippen molar-refractivity contribution < 1.29 is 28.9 Å². The summed E-state index contributed by atoms with van der Waals surface area (Å²) in [5.74, 6) is -1.26. The molecule has 0 aromatic rings. The topological polar surface area (TPSA) is 82.1 Å². The summed E-state index contributed by atoms with van der Waals surface area (Å²) in [6.07, 6.45) is 7.07. The second-order valence-corrected chi connectivity index (χ2v) is 8.90. The molecule has 0 radical (unpaired) electrons. The zero-order valence-corrected chi connectivity index (χ0v) is 18.7. The van der Waals surface area contributed by atoms with E-state index in [2.05, 4.69) is 12.7 Å². The lowest BCUT2D eigenvalue weighted by molar-refractivity contribution is -0.145. The maximum atomic E-state index is 12.7. The monoisotopic (exact) mass is 428 g/mol. The number of carbonyl (C=O) groups is 2. The Labute approximate surface area is 183 Å². The number of esters is 2. The number of hydrogen-bond acceptors (Lipinski definition) is 6. The lowest BCUT2D eigenvalue weighted by Gasteiger charge is -2.26. The minimum absolute atomic E-state index is 0.272. The van der Waals surface area contributed by atoms with Gasteiger partial charge >= 0.3 is 11.9 Å². The van der Waals surface area contributed by atoms with E-state index in [0.717, 1.165) is 24.0 Å². The summed E-state index contributed by atoms with van der Waals surface area (Å²) in [5.41, 5.74) is 4.07. The molecule has 5 atom stereocenters. The largest absolute Gasteiger partial charge is 0.454 e. The fraction of sp³-hybridized carbons (Fsp3) is 0.520. The van der Waals surface area contributed by atoms with Crippen molar-refractivity contribution in [1.82, 2.24) is 0 Å². The average molecular weight is 429 g/mol. The quantitative estimate of drug-likeness (QED) is 0.404. The summed E-state index contributed by atoms with van der Waals surface area (Å²) >= 11 is 0. The first-order chi connectivity index (χ1) is 14.6. The minimum atomic E-state index is -1.17. The van der Waals surface area contributed by atoms with Crippen molar-refractivity contribution >= 4 is 11.9 Å². The molecule has 0 saturated carbocycles. The predicted molar refractivity (Wildman–Crippen MR) is 117 cm³/mol. The molecule has 6 nitrogen and oxygen atoms in total. The van der Waals surface area contributed by atoms with Crippen molar-refractivity contribution in [3.8, 4) is 0 Å². The summed E-state index contributed by atoms with van der Waals surface area (Å²) in [7, 11) is 0.